The van der Waals surface area contributed by atoms with Crippen LogP contribution in [0.3, 0.4) is 0 Å². The zero-order valence-corrected chi connectivity index (χ0v) is 19.1. The van der Waals surface area contributed by atoms with E-state index in [1.165, 1.54) is 0 Å². The molecule has 5 nitrogen and oxygen atoms in total. The second-order valence-corrected chi connectivity index (χ2v) is 7.97. The summed E-state index contributed by atoms with van der Waals surface area (Å²) >= 11 is 8.56. The van der Waals surface area contributed by atoms with Gasteiger partial charge in [-0.15, -0.1) is 0 Å². The predicted molar refractivity (Wildman–Crippen MR) is 115 cm³/mol. The number of anilines is 1. The zero-order chi connectivity index (χ0) is 23.6. The predicted octanol–water partition coefficient (Wildman–Crippen LogP) is 4.38. The van der Waals surface area contributed by atoms with Crippen LogP contribution >= 0.6 is 28.1 Å². The van der Waals surface area contributed by atoms with E-state index in [4.69, 9.17) is 17.0 Å². The molecule has 32 heavy (non-hydrogen) atoms. The van der Waals surface area contributed by atoms with Gasteiger partial charge in [-0.25, -0.2) is 22.0 Å². The van der Waals surface area contributed by atoms with Crippen molar-refractivity contribution in [3.05, 3.63) is 57.3 Å². The molecule has 0 saturated carbocycles. The van der Waals surface area contributed by atoms with E-state index in [-0.39, 0.29) is 31.3 Å². The number of rotatable bonds is 4. The number of benzene rings is 2. The molecule has 2 aromatic rings. The molecule has 1 fully saturated rings. The lowest BCUT2D eigenvalue weighted by molar-refractivity contribution is 0.0973. The Bertz CT molecular complexity index is 1040. The smallest absolute Gasteiger partial charge is 0.257 e. The van der Waals surface area contributed by atoms with E-state index >= 15 is 0 Å². The van der Waals surface area contributed by atoms with Crippen molar-refractivity contribution in [3.63, 3.8) is 0 Å². The molecular weight excluding hydrogens is 521 g/mol. The molecular formula is C20H17BrF5N3O2S. The number of hydrogen-bond acceptors (Lipinski definition) is 4. The highest BCUT2D eigenvalue weighted by atomic mass is 79.9. The van der Waals surface area contributed by atoms with Gasteiger partial charge in [-0.05, 0) is 53.3 Å². The van der Waals surface area contributed by atoms with Gasteiger partial charge in [-0.1, -0.05) is 0 Å². The fourth-order valence-corrected chi connectivity index (χ4v) is 3.94. The maximum atomic E-state index is 14.0. The average Bonchev–Trinajstić information content (AvgIpc) is 2.78. The molecule has 172 valence electrons. The number of ether oxygens (including phenoxy) is 1. The molecule has 0 aromatic heterocycles. The van der Waals surface area contributed by atoms with Crippen LogP contribution < -0.4 is 15.0 Å². The normalized spacial score (nSPS) is 13.8. The third-order valence-electron chi connectivity index (χ3n) is 4.78. The number of nitrogens with one attached hydrogen (secondary N) is 1. The van der Waals surface area contributed by atoms with Crippen LogP contribution in [0.15, 0.2) is 22.7 Å². The molecule has 1 N–H and O–H groups in total. The summed E-state index contributed by atoms with van der Waals surface area (Å²) in [7, 11) is 0. The molecule has 12 heteroatoms. The Hall–Kier alpha value is -2.47. The first-order valence-corrected chi connectivity index (χ1v) is 10.6. The summed E-state index contributed by atoms with van der Waals surface area (Å²) in [5.74, 6) is -9.85. The van der Waals surface area contributed by atoms with Gasteiger partial charge in [0.2, 0.25) is 5.82 Å². The number of nitrogens with zero attached hydrogens (tertiary/aromatic N) is 2. The molecule has 0 unspecified atom stereocenters. The monoisotopic (exact) mass is 537 g/mol. The van der Waals surface area contributed by atoms with Gasteiger partial charge in [0.25, 0.3) is 5.91 Å². The Morgan fingerprint density at radius 2 is 1.59 bits per heavy atom. The number of thiocarbonyl (C=S) groups is 1. The molecule has 1 aliphatic heterocycles. The lowest BCUT2D eigenvalue weighted by Crippen LogP contribution is -2.53. The molecule has 1 heterocycles. The average molecular weight is 538 g/mol. The molecule has 1 aliphatic rings. The third kappa shape index (κ3) is 4.80. The lowest BCUT2D eigenvalue weighted by atomic mass is 10.2. The Labute approximate surface area is 194 Å². The van der Waals surface area contributed by atoms with E-state index in [1.54, 1.807) is 23.1 Å². The van der Waals surface area contributed by atoms with Crippen molar-refractivity contribution in [1.29, 1.82) is 0 Å². The van der Waals surface area contributed by atoms with E-state index in [9.17, 15) is 26.7 Å². The first kappa shape index (κ1) is 24.2. The summed E-state index contributed by atoms with van der Waals surface area (Å²) in [4.78, 5) is 15.1. The van der Waals surface area contributed by atoms with Crippen LogP contribution in [-0.2, 0) is 0 Å². The Morgan fingerprint density at radius 1 is 1.03 bits per heavy atom. The standard InChI is InChI=1S/C20H17BrF5N3O2S/c1-2-31-12-4-3-10(9-11(12)21)19(30)27-20(32)29-7-5-28(6-8-29)18-16(25)14(23)13(22)15(24)17(18)26/h3-4,9H,2,5-8H2,1H3,(H,27,30,32). The van der Waals surface area contributed by atoms with E-state index in [1.807, 2.05) is 6.92 Å². The molecule has 0 bridgehead atoms. The first-order valence-electron chi connectivity index (χ1n) is 9.44. The molecule has 0 spiro atoms. The Kier molecular flexibility index (Phi) is 7.55. The summed E-state index contributed by atoms with van der Waals surface area (Å²) in [6.45, 7) is 2.37. The topological polar surface area (TPSA) is 44.8 Å². The van der Waals surface area contributed by atoms with Gasteiger partial charge in [0.1, 0.15) is 11.4 Å². The number of carbonyl (C=O) groups excluding carboxylic acids is 1. The van der Waals surface area contributed by atoms with Crippen molar-refractivity contribution in [2.75, 3.05) is 37.7 Å². The minimum atomic E-state index is -2.20. The maximum Gasteiger partial charge on any atom is 0.257 e. The van der Waals surface area contributed by atoms with E-state index in [0.717, 1.165) is 4.90 Å². The largest absolute Gasteiger partial charge is 0.493 e. The third-order valence-corrected chi connectivity index (χ3v) is 5.76. The molecule has 0 atom stereocenters. The van der Waals surface area contributed by atoms with Gasteiger partial charge >= 0.3 is 0 Å². The number of carbonyl (C=O) groups is 1. The van der Waals surface area contributed by atoms with Crippen molar-refractivity contribution in [3.8, 4) is 5.75 Å². The molecule has 0 aliphatic carbocycles. The number of amides is 1. The SMILES string of the molecule is CCOc1ccc(C(=O)NC(=S)N2CCN(c3c(F)c(F)c(F)c(F)c3F)CC2)cc1Br. The zero-order valence-electron chi connectivity index (χ0n) is 16.7. The molecule has 0 radical (unpaired) electrons. The number of halogens is 6. The van der Waals surface area contributed by atoms with E-state index in [2.05, 4.69) is 21.2 Å². The maximum absolute atomic E-state index is 14.0. The molecule has 1 saturated heterocycles. The first-order chi connectivity index (χ1) is 15.1. The van der Waals surface area contributed by atoms with Crippen LogP contribution in [0, 0.1) is 29.1 Å². The quantitative estimate of drug-likeness (QED) is 0.271. The van der Waals surface area contributed by atoms with Crippen molar-refractivity contribution < 1.29 is 31.5 Å². The van der Waals surface area contributed by atoms with Crippen LogP contribution in [0.25, 0.3) is 0 Å². The van der Waals surface area contributed by atoms with Crippen LogP contribution in [0.4, 0.5) is 27.6 Å². The highest BCUT2D eigenvalue weighted by Crippen LogP contribution is 2.31. The van der Waals surface area contributed by atoms with Gasteiger partial charge in [-0.2, -0.15) is 0 Å². The Morgan fingerprint density at radius 3 is 2.12 bits per heavy atom. The fourth-order valence-electron chi connectivity index (χ4n) is 3.17. The second kappa shape index (κ2) is 9.99. The van der Waals surface area contributed by atoms with Crippen molar-refractivity contribution in [2.45, 2.75) is 6.92 Å². The Balaban J connectivity index is 1.64. The van der Waals surface area contributed by atoms with Gasteiger partial charge in [0.05, 0.1) is 11.1 Å². The lowest BCUT2D eigenvalue weighted by Gasteiger charge is -2.37. The fraction of sp³-hybridized carbons (Fsp3) is 0.300. The van der Waals surface area contributed by atoms with Crippen LogP contribution in [0.1, 0.15) is 17.3 Å². The van der Waals surface area contributed by atoms with Crippen LogP contribution in [0.5, 0.6) is 5.75 Å². The van der Waals surface area contributed by atoms with E-state index in [0.29, 0.717) is 22.4 Å². The van der Waals surface area contributed by atoms with Gasteiger partial charge in [0.15, 0.2) is 28.4 Å². The summed E-state index contributed by atoms with van der Waals surface area (Å²) in [5, 5.41) is 2.65. The van der Waals surface area contributed by atoms with E-state index < -0.39 is 40.7 Å². The van der Waals surface area contributed by atoms with Crippen LogP contribution in [-0.4, -0.2) is 48.7 Å². The highest BCUT2D eigenvalue weighted by Gasteiger charge is 2.31. The highest BCUT2D eigenvalue weighted by molar-refractivity contribution is 9.10. The minimum absolute atomic E-state index is 0.0665. The number of hydrogen-bond donors (Lipinski definition) is 1. The minimum Gasteiger partial charge on any atom is -0.493 e. The van der Waals surface area contributed by atoms with Gasteiger partial charge in [-0.3, -0.25) is 10.1 Å². The van der Waals surface area contributed by atoms with Crippen molar-refractivity contribution in [2.24, 2.45) is 0 Å². The molecule has 2 aromatic carbocycles. The van der Waals surface area contributed by atoms with Crippen molar-refractivity contribution in [1.82, 2.24) is 10.2 Å². The molecule has 3 rings (SSSR count). The number of piperazine rings is 1. The van der Waals surface area contributed by atoms with Gasteiger partial charge in [0, 0.05) is 31.7 Å². The summed E-state index contributed by atoms with van der Waals surface area (Å²) in [6.07, 6.45) is 0. The summed E-state index contributed by atoms with van der Waals surface area (Å²) in [5.41, 5.74) is -0.655. The van der Waals surface area contributed by atoms with Crippen LogP contribution in [0.2, 0.25) is 0 Å². The summed E-state index contributed by atoms with van der Waals surface area (Å²) in [6, 6.07) is 4.77. The second-order valence-electron chi connectivity index (χ2n) is 6.73. The summed E-state index contributed by atoms with van der Waals surface area (Å²) < 4.78 is 74.3. The van der Waals surface area contributed by atoms with Crippen molar-refractivity contribution >= 4 is 44.9 Å². The molecule has 1 amide bonds. The van der Waals surface area contributed by atoms with Gasteiger partial charge < -0.3 is 14.5 Å².